The number of anilines is 3. The second-order valence-corrected chi connectivity index (χ2v) is 9.63. The first-order valence-corrected chi connectivity index (χ1v) is 13.1. The highest BCUT2D eigenvalue weighted by Gasteiger charge is 2.10. The number of hydrogen-bond acceptors (Lipinski definition) is 7. The molecular formula is C26H24N4O4S2. The third-order valence-electron chi connectivity index (χ3n) is 4.86. The monoisotopic (exact) mass is 520 g/mol. The molecule has 4 rings (SSSR count). The molecule has 3 amide bonds. The number of fused-ring (bicyclic) bond motifs is 1. The first kappa shape index (κ1) is 25.2. The van der Waals surface area contributed by atoms with Gasteiger partial charge in [0.2, 0.25) is 11.8 Å². The summed E-state index contributed by atoms with van der Waals surface area (Å²) in [4.78, 5) is 39.9. The molecule has 3 N–H and O–H groups in total. The molecule has 0 aliphatic heterocycles. The number of carbonyl (C=O) groups excluding carboxylic acids is 3. The van der Waals surface area contributed by atoms with Gasteiger partial charge in [-0.05, 0) is 47.2 Å². The van der Waals surface area contributed by atoms with Crippen LogP contribution in [-0.4, -0.2) is 35.1 Å². The lowest BCUT2D eigenvalue weighted by Gasteiger charge is -2.07. The highest BCUT2D eigenvalue weighted by molar-refractivity contribution is 7.99. The van der Waals surface area contributed by atoms with E-state index in [-0.39, 0.29) is 30.1 Å². The van der Waals surface area contributed by atoms with E-state index in [0.29, 0.717) is 28.0 Å². The minimum absolute atomic E-state index is 0.117. The van der Waals surface area contributed by atoms with Crippen LogP contribution in [0.25, 0.3) is 10.8 Å². The maximum absolute atomic E-state index is 12.3. The molecule has 0 saturated carbocycles. The Morgan fingerprint density at radius 1 is 0.889 bits per heavy atom. The third kappa shape index (κ3) is 7.56. The van der Waals surface area contributed by atoms with Crippen LogP contribution < -0.4 is 20.7 Å². The summed E-state index contributed by atoms with van der Waals surface area (Å²) in [6.07, 6.45) is 0. The van der Waals surface area contributed by atoms with Crippen molar-refractivity contribution in [2.24, 2.45) is 0 Å². The minimum atomic E-state index is -0.291. The predicted octanol–water partition coefficient (Wildman–Crippen LogP) is 5.14. The zero-order valence-electron chi connectivity index (χ0n) is 19.4. The Balaban J connectivity index is 1.17. The molecular weight excluding hydrogens is 496 g/mol. The van der Waals surface area contributed by atoms with E-state index in [1.807, 2.05) is 47.8 Å². The summed E-state index contributed by atoms with van der Waals surface area (Å²) in [6, 6.07) is 20.5. The van der Waals surface area contributed by atoms with Crippen LogP contribution in [0, 0.1) is 0 Å². The van der Waals surface area contributed by atoms with Crippen molar-refractivity contribution < 1.29 is 19.1 Å². The van der Waals surface area contributed by atoms with Gasteiger partial charge in [0.05, 0.1) is 11.4 Å². The van der Waals surface area contributed by atoms with Crippen LogP contribution in [0.15, 0.2) is 72.1 Å². The quantitative estimate of drug-likeness (QED) is 0.267. The molecule has 0 spiro atoms. The number of nitrogens with zero attached hydrogens (tertiary/aromatic N) is 1. The number of ether oxygens (including phenoxy) is 1. The van der Waals surface area contributed by atoms with Crippen molar-refractivity contribution in [3.05, 3.63) is 77.8 Å². The molecule has 36 heavy (non-hydrogen) atoms. The summed E-state index contributed by atoms with van der Waals surface area (Å²) in [5, 5.41) is 12.7. The minimum Gasteiger partial charge on any atom is -0.484 e. The average Bonchev–Trinajstić information content (AvgIpc) is 3.30. The predicted molar refractivity (Wildman–Crippen MR) is 146 cm³/mol. The summed E-state index contributed by atoms with van der Waals surface area (Å²) < 4.78 is 5.62. The topological polar surface area (TPSA) is 109 Å². The van der Waals surface area contributed by atoms with Gasteiger partial charge in [-0.3, -0.25) is 19.7 Å². The molecule has 4 aromatic rings. The number of aromatic nitrogens is 1. The number of thioether (sulfide) groups is 1. The van der Waals surface area contributed by atoms with Crippen molar-refractivity contribution in [2.75, 3.05) is 28.3 Å². The van der Waals surface area contributed by atoms with Gasteiger partial charge in [0.15, 0.2) is 11.7 Å². The summed E-state index contributed by atoms with van der Waals surface area (Å²) in [5.41, 5.74) is 2.10. The second-order valence-electron chi connectivity index (χ2n) is 7.79. The summed E-state index contributed by atoms with van der Waals surface area (Å²) >= 11 is 2.75. The fraction of sp³-hybridized carbons (Fsp3) is 0.154. The number of nitrogens with one attached hydrogen (secondary N) is 3. The van der Waals surface area contributed by atoms with Crippen LogP contribution in [0.2, 0.25) is 0 Å². The Labute approximate surface area is 216 Å². The largest absolute Gasteiger partial charge is 0.484 e. The van der Waals surface area contributed by atoms with Gasteiger partial charge in [-0.2, -0.15) is 0 Å². The molecule has 0 radical (unpaired) electrons. The van der Waals surface area contributed by atoms with Crippen molar-refractivity contribution in [1.29, 1.82) is 0 Å². The molecule has 0 saturated heterocycles. The van der Waals surface area contributed by atoms with E-state index in [1.165, 1.54) is 30.0 Å². The zero-order chi connectivity index (χ0) is 25.3. The van der Waals surface area contributed by atoms with Gasteiger partial charge in [-0.1, -0.05) is 30.3 Å². The maximum atomic E-state index is 12.3. The van der Waals surface area contributed by atoms with E-state index in [0.717, 1.165) is 16.5 Å². The third-order valence-corrected chi connectivity index (χ3v) is 6.63. The van der Waals surface area contributed by atoms with E-state index in [2.05, 4.69) is 20.9 Å². The van der Waals surface area contributed by atoms with Gasteiger partial charge in [0.25, 0.3) is 5.91 Å². The van der Waals surface area contributed by atoms with Crippen LogP contribution >= 0.6 is 23.1 Å². The van der Waals surface area contributed by atoms with Gasteiger partial charge < -0.3 is 15.4 Å². The molecule has 0 atom stereocenters. The first-order chi connectivity index (χ1) is 17.4. The number of hydrogen-bond donors (Lipinski definition) is 3. The van der Waals surface area contributed by atoms with Crippen molar-refractivity contribution in [1.82, 2.24) is 4.98 Å². The van der Waals surface area contributed by atoms with Crippen LogP contribution in [0.3, 0.4) is 0 Å². The Hall–Kier alpha value is -3.89. The normalized spacial score (nSPS) is 10.6. The SMILES string of the molecule is CC(=O)Nc1ccc(NC(=O)CSCc2csc(NC(=O)COc3ccc4ccccc4c3)n2)cc1. The standard InChI is InChI=1S/C26H24N4O4S2/c1-17(31)27-20-7-9-21(10-8-20)28-25(33)16-35-14-22-15-36-26(29-22)30-24(32)13-34-23-11-6-18-4-2-3-5-19(18)12-23/h2-12,15H,13-14,16H2,1H3,(H,27,31)(H,28,33)(H,29,30,32). The summed E-state index contributed by atoms with van der Waals surface area (Å²) in [5.74, 6) is 0.841. The van der Waals surface area contributed by atoms with Crippen LogP contribution in [0.1, 0.15) is 12.6 Å². The Kier molecular flexibility index (Phi) is 8.53. The van der Waals surface area contributed by atoms with Gasteiger partial charge in [-0.25, -0.2) is 4.98 Å². The molecule has 1 aromatic heterocycles. The molecule has 0 unspecified atom stereocenters. The Morgan fingerprint density at radius 2 is 1.61 bits per heavy atom. The van der Waals surface area contributed by atoms with E-state index in [1.54, 1.807) is 24.3 Å². The number of thiazole rings is 1. The average molecular weight is 521 g/mol. The first-order valence-electron chi connectivity index (χ1n) is 11.1. The number of amides is 3. The highest BCUT2D eigenvalue weighted by Crippen LogP contribution is 2.22. The molecule has 0 aliphatic carbocycles. The highest BCUT2D eigenvalue weighted by atomic mass is 32.2. The smallest absolute Gasteiger partial charge is 0.264 e. The van der Waals surface area contributed by atoms with Crippen LogP contribution in [-0.2, 0) is 20.1 Å². The lowest BCUT2D eigenvalue weighted by molar-refractivity contribution is -0.118. The zero-order valence-corrected chi connectivity index (χ0v) is 21.1. The number of carbonyl (C=O) groups is 3. The fourth-order valence-corrected chi connectivity index (χ4v) is 4.83. The Morgan fingerprint density at radius 3 is 2.36 bits per heavy atom. The van der Waals surface area contributed by atoms with Gasteiger partial charge in [-0.15, -0.1) is 23.1 Å². The molecule has 1 heterocycles. The molecule has 3 aromatic carbocycles. The molecule has 184 valence electrons. The fourth-order valence-electron chi connectivity index (χ4n) is 3.28. The summed E-state index contributed by atoms with van der Waals surface area (Å²) in [7, 11) is 0. The van der Waals surface area contributed by atoms with Gasteiger partial charge >= 0.3 is 0 Å². The maximum Gasteiger partial charge on any atom is 0.264 e. The second kappa shape index (κ2) is 12.2. The van der Waals surface area contributed by atoms with E-state index in [4.69, 9.17) is 4.74 Å². The summed E-state index contributed by atoms with van der Waals surface area (Å²) in [6.45, 7) is 1.32. The van der Waals surface area contributed by atoms with Crippen LogP contribution in [0.4, 0.5) is 16.5 Å². The van der Waals surface area contributed by atoms with Crippen molar-refractivity contribution in [3.8, 4) is 5.75 Å². The number of benzene rings is 3. The Bertz CT molecular complexity index is 1370. The molecule has 8 nitrogen and oxygen atoms in total. The van der Waals surface area contributed by atoms with E-state index < -0.39 is 0 Å². The molecule has 0 bridgehead atoms. The number of rotatable bonds is 10. The lowest BCUT2D eigenvalue weighted by atomic mass is 10.1. The van der Waals surface area contributed by atoms with Crippen molar-refractivity contribution in [2.45, 2.75) is 12.7 Å². The van der Waals surface area contributed by atoms with Gasteiger partial charge in [0, 0.05) is 29.4 Å². The molecule has 0 fully saturated rings. The van der Waals surface area contributed by atoms with E-state index >= 15 is 0 Å². The molecule has 0 aliphatic rings. The van der Waals surface area contributed by atoms with Crippen molar-refractivity contribution in [3.63, 3.8) is 0 Å². The van der Waals surface area contributed by atoms with Crippen LogP contribution in [0.5, 0.6) is 5.75 Å². The molecule has 10 heteroatoms. The van der Waals surface area contributed by atoms with E-state index in [9.17, 15) is 14.4 Å². The van der Waals surface area contributed by atoms with Crippen molar-refractivity contribution >= 4 is 68.1 Å². The van der Waals surface area contributed by atoms with Gasteiger partial charge in [0.1, 0.15) is 5.75 Å². The lowest BCUT2D eigenvalue weighted by Crippen LogP contribution is -2.20.